The number of carbonyl (C=O) groups excluding carboxylic acids is 1. The molecule has 132 valence electrons. The monoisotopic (exact) mass is 358 g/mol. The Morgan fingerprint density at radius 1 is 1.28 bits per heavy atom. The van der Waals surface area contributed by atoms with Gasteiger partial charge in [-0.3, -0.25) is 9.78 Å². The summed E-state index contributed by atoms with van der Waals surface area (Å²) in [5, 5.41) is 0.666. The molecule has 0 N–H and O–H groups in total. The van der Waals surface area contributed by atoms with Gasteiger partial charge in [-0.25, -0.2) is 0 Å². The van der Waals surface area contributed by atoms with Gasteiger partial charge in [0.1, 0.15) is 0 Å². The number of amides is 1. The zero-order chi connectivity index (χ0) is 17.9. The molecule has 1 aliphatic heterocycles. The van der Waals surface area contributed by atoms with Gasteiger partial charge >= 0.3 is 0 Å². The Balaban J connectivity index is 1.92. The number of aromatic nitrogens is 1. The smallest absolute Gasteiger partial charge is 0.231 e. The van der Waals surface area contributed by atoms with Crippen molar-refractivity contribution in [1.82, 2.24) is 9.88 Å². The van der Waals surface area contributed by atoms with E-state index in [1.807, 2.05) is 61.2 Å². The van der Waals surface area contributed by atoms with Gasteiger partial charge in [-0.15, -0.1) is 0 Å². The van der Waals surface area contributed by atoms with E-state index in [0.717, 1.165) is 11.3 Å². The first-order chi connectivity index (χ1) is 12.0. The molecule has 2 aromatic rings. The molecule has 1 aromatic carbocycles. The summed E-state index contributed by atoms with van der Waals surface area (Å²) < 4.78 is 5.56. The van der Waals surface area contributed by atoms with Crippen LogP contribution in [0.1, 0.15) is 31.0 Å². The van der Waals surface area contributed by atoms with Gasteiger partial charge in [-0.2, -0.15) is 0 Å². The maximum Gasteiger partial charge on any atom is 0.231 e. The lowest BCUT2D eigenvalue weighted by molar-refractivity contribution is -0.148. The molecular formula is C20H23ClN2O2. The average molecular weight is 359 g/mol. The number of carbonyl (C=O) groups is 1. The van der Waals surface area contributed by atoms with E-state index in [2.05, 4.69) is 4.98 Å². The minimum absolute atomic E-state index is 0.112. The van der Waals surface area contributed by atoms with Crippen LogP contribution in [0.2, 0.25) is 5.02 Å². The number of halogens is 1. The molecule has 3 rings (SSSR count). The molecule has 4 nitrogen and oxygen atoms in total. The van der Waals surface area contributed by atoms with Crippen LogP contribution in [-0.2, 0) is 16.0 Å². The number of pyridine rings is 1. The molecule has 0 bridgehead atoms. The molecule has 1 aliphatic rings. The number of morpholine rings is 1. The molecule has 0 saturated carbocycles. The van der Waals surface area contributed by atoms with Crippen LogP contribution in [-0.4, -0.2) is 41.1 Å². The van der Waals surface area contributed by atoms with Gasteiger partial charge in [0.25, 0.3) is 0 Å². The van der Waals surface area contributed by atoms with E-state index in [1.165, 1.54) is 0 Å². The Hall–Kier alpha value is -1.91. The SMILES string of the molecule is CC1(C)COCCN1C(=O)C(Cc1ccccn1)c1ccc(Cl)cc1. The first-order valence-corrected chi connectivity index (χ1v) is 8.90. The van der Waals surface area contributed by atoms with Crippen LogP contribution in [0.15, 0.2) is 48.7 Å². The van der Waals surface area contributed by atoms with E-state index in [9.17, 15) is 4.79 Å². The van der Waals surface area contributed by atoms with Crippen molar-refractivity contribution >= 4 is 17.5 Å². The van der Waals surface area contributed by atoms with Crippen LogP contribution in [0.3, 0.4) is 0 Å². The van der Waals surface area contributed by atoms with Crippen molar-refractivity contribution in [2.75, 3.05) is 19.8 Å². The van der Waals surface area contributed by atoms with E-state index < -0.39 is 0 Å². The number of hydrogen-bond donors (Lipinski definition) is 0. The number of rotatable bonds is 4. The fraction of sp³-hybridized carbons (Fsp3) is 0.400. The Bertz CT molecular complexity index is 716. The third kappa shape index (κ3) is 4.20. The molecule has 5 heteroatoms. The van der Waals surface area contributed by atoms with E-state index >= 15 is 0 Å². The summed E-state index contributed by atoms with van der Waals surface area (Å²) in [4.78, 5) is 19.8. The molecule has 25 heavy (non-hydrogen) atoms. The molecule has 0 aliphatic carbocycles. The molecule has 0 spiro atoms. The average Bonchev–Trinajstić information content (AvgIpc) is 2.61. The van der Waals surface area contributed by atoms with Crippen LogP contribution in [0.5, 0.6) is 0 Å². The maximum absolute atomic E-state index is 13.4. The van der Waals surface area contributed by atoms with Crippen molar-refractivity contribution in [1.29, 1.82) is 0 Å². The fourth-order valence-electron chi connectivity index (χ4n) is 3.23. The minimum Gasteiger partial charge on any atom is -0.377 e. The third-order valence-electron chi connectivity index (χ3n) is 4.62. The molecule has 0 radical (unpaired) electrons. The molecule has 2 heterocycles. The van der Waals surface area contributed by atoms with E-state index in [0.29, 0.717) is 31.2 Å². The molecule has 1 amide bonds. The highest BCUT2D eigenvalue weighted by molar-refractivity contribution is 6.30. The van der Waals surface area contributed by atoms with E-state index in [1.54, 1.807) is 6.20 Å². The summed E-state index contributed by atoms with van der Waals surface area (Å²) in [6.45, 7) is 5.83. The van der Waals surface area contributed by atoms with Crippen LogP contribution < -0.4 is 0 Å². The molecule has 1 fully saturated rings. The highest BCUT2D eigenvalue weighted by atomic mass is 35.5. The predicted octanol–water partition coefficient (Wildman–Crippen LogP) is 3.70. The molecule has 1 unspecified atom stereocenters. The predicted molar refractivity (Wildman–Crippen MR) is 98.7 cm³/mol. The highest BCUT2D eigenvalue weighted by Crippen LogP contribution is 2.29. The van der Waals surface area contributed by atoms with Crippen molar-refractivity contribution < 1.29 is 9.53 Å². The van der Waals surface area contributed by atoms with Crippen LogP contribution in [0, 0.1) is 0 Å². The van der Waals surface area contributed by atoms with Crippen LogP contribution in [0.25, 0.3) is 0 Å². The van der Waals surface area contributed by atoms with Crippen molar-refractivity contribution in [3.05, 3.63) is 64.9 Å². The zero-order valence-electron chi connectivity index (χ0n) is 14.6. The largest absolute Gasteiger partial charge is 0.377 e. The Morgan fingerprint density at radius 2 is 2.04 bits per heavy atom. The summed E-state index contributed by atoms with van der Waals surface area (Å²) in [6, 6.07) is 13.3. The zero-order valence-corrected chi connectivity index (χ0v) is 15.4. The lowest BCUT2D eigenvalue weighted by atomic mass is 9.90. The van der Waals surface area contributed by atoms with Crippen molar-refractivity contribution in [2.24, 2.45) is 0 Å². The third-order valence-corrected chi connectivity index (χ3v) is 4.87. The van der Waals surface area contributed by atoms with Gasteiger partial charge in [0.15, 0.2) is 0 Å². The minimum atomic E-state index is -0.315. The van der Waals surface area contributed by atoms with Gasteiger partial charge in [0.05, 0.1) is 24.7 Å². The Morgan fingerprint density at radius 3 is 2.68 bits per heavy atom. The number of benzene rings is 1. The first kappa shape index (κ1) is 17.9. The second-order valence-electron chi connectivity index (χ2n) is 6.98. The number of ether oxygens (including phenoxy) is 1. The van der Waals surface area contributed by atoms with Crippen molar-refractivity contribution in [2.45, 2.75) is 31.7 Å². The second-order valence-corrected chi connectivity index (χ2v) is 7.42. The quantitative estimate of drug-likeness (QED) is 0.837. The molecule has 1 aromatic heterocycles. The van der Waals surface area contributed by atoms with Crippen LogP contribution >= 0.6 is 11.6 Å². The Kier molecular flexibility index (Phi) is 5.40. The van der Waals surface area contributed by atoms with Gasteiger partial charge in [0, 0.05) is 29.9 Å². The van der Waals surface area contributed by atoms with Gasteiger partial charge in [0.2, 0.25) is 5.91 Å². The van der Waals surface area contributed by atoms with Crippen molar-refractivity contribution in [3.63, 3.8) is 0 Å². The highest BCUT2D eigenvalue weighted by Gasteiger charge is 2.37. The lowest BCUT2D eigenvalue weighted by Gasteiger charge is -2.43. The number of hydrogen-bond acceptors (Lipinski definition) is 3. The maximum atomic E-state index is 13.4. The van der Waals surface area contributed by atoms with E-state index in [-0.39, 0.29) is 17.4 Å². The summed E-state index contributed by atoms with van der Waals surface area (Å²) in [5.74, 6) is -0.175. The standard InChI is InChI=1S/C20H23ClN2O2/c1-20(2)14-25-12-11-23(20)19(24)18(13-17-5-3-4-10-22-17)15-6-8-16(21)9-7-15/h3-10,18H,11-14H2,1-2H3. The summed E-state index contributed by atoms with van der Waals surface area (Å²) in [6.07, 6.45) is 2.33. The number of nitrogens with zero attached hydrogens (tertiary/aromatic N) is 2. The van der Waals surface area contributed by atoms with Crippen molar-refractivity contribution in [3.8, 4) is 0 Å². The van der Waals surface area contributed by atoms with Gasteiger partial charge in [-0.05, 0) is 43.7 Å². The lowest BCUT2D eigenvalue weighted by Crippen LogP contribution is -2.56. The van der Waals surface area contributed by atoms with E-state index in [4.69, 9.17) is 16.3 Å². The van der Waals surface area contributed by atoms with Gasteiger partial charge < -0.3 is 9.64 Å². The van der Waals surface area contributed by atoms with Crippen LogP contribution in [0.4, 0.5) is 0 Å². The normalized spacial score (nSPS) is 18.0. The Labute approximate surface area is 153 Å². The fourth-order valence-corrected chi connectivity index (χ4v) is 3.35. The van der Waals surface area contributed by atoms with Gasteiger partial charge in [-0.1, -0.05) is 29.8 Å². The molecule has 1 atom stereocenters. The molecular weight excluding hydrogens is 336 g/mol. The second kappa shape index (κ2) is 7.54. The summed E-state index contributed by atoms with van der Waals surface area (Å²) >= 11 is 6.03. The topological polar surface area (TPSA) is 42.4 Å². The summed E-state index contributed by atoms with van der Waals surface area (Å²) in [5.41, 5.74) is 1.55. The summed E-state index contributed by atoms with van der Waals surface area (Å²) in [7, 11) is 0. The molecule has 1 saturated heterocycles. The first-order valence-electron chi connectivity index (χ1n) is 8.52.